The summed E-state index contributed by atoms with van der Waals surface area (Å²) in [7, 11) is 0. The van der Waals surface area contributed by atoms with E-state index in [9.17, 15) is 22.8 Å². The molecule has 2 aliphatic heterocycles. The Morgan fingerprint density at radius 3 is 2.64 bits per heavy atom. The molecule has 240 valence electrons. The summed E-state index contributed by atoms with van der Waals surface area (Å²) in [5.74, 6) is -0.448. The van der Waals surface area contributed by atoms with Crippen LogP contribution in [0.25, 0.3) is 11.1 Å². The van der Waals surface area contributed by atoms with Gasteiger partial charge in [-0.15, -0.1) is 0 Å². The number of anilines is 1. The largest absolute Gasteiger partial charge is 0.478 e. The Bertz CT molecular complexity index is 1530. The monoisotopic (exact) mass is 643 g/mol. The molecule has 0 bridgehead atoms. The summed E-state index contributed by atoms with van der Waals surface area (Å²) in [5.41, 5.74) is 1.21. The fourth-order valence-corrected chi connectivity index (χ4v) is 6.22. The van der Waals surface area contributed by atoms with Gasteiger partial charge in [0.05, 0.1) is 23.3 Å². The number of amides is 2. The predicted molar refractivity (Wildman–Crippen MR) is 168 cm³/mol. The van der Waals surface area contributed by atoms with Crippen LogP contribution in [-0.4, -0.2) is 73.1 Å². The van der Waals surface area contributed by atoms with Crippen LogP contribution in [0, 0.1) is 0 Å². The maximum absolute atomic E-state index is 13.9. The van der Waals surface area contributed by atoms with Crippen LogP contribution in [0.15, 0.2) is 54.7 Å². The van der Waals surface area contributed by atoms with Crippen LogP contribution >= 0.6 is 11.6 Å². The molecule has 2 aliphatic rings. The van der Waals surface area contributed by atoms with Gasteiger partial charge < -0.3 is 25.2 Å². The Hall–Kier alpha value is -3.83. The molecule has 0 radical (unpaired) electrons. The van der Waals surface area contributed by atoms with Gasteiger partial charge in [0, 0.05) is 60.7 Å². The Kier molecular flexibility index (Phi) is 10.2. The Morgan fingerprint density at radius 2 is 1.93 bits per heavy atom. The molecule has 0 aliphatic carbocycles. The van der Waals surface area contributed by atoms with Crippen LogP contribution in [-0.2, 0) is 6.18 Å². The fraction of sp³-hybridized carbons (Fsp3) is 0.424. The van der Waals surface area contributed by atoms with Crippen molar-refractivity contribution in [2.75, 3.05) is 44.2 Å². The lowest BCUT2D eigenvalue weighted by molar-refractivity contribution is -0.138. The lowest BCUT2D eigenvalue weighted by Gasteiger charge is -2.43. The average molecular weight is 644 g/mol. The summed E-state index contributed by atoms with van der Waals surface area (Å²) in [6, 6.07) is 12.3. The van der Waals surface area contributed by atoms with Crippen LogP contribution in [0.1, 0.15) is 59.4 Å². The highest BCUT2D eigenvalue weighted by molar-refractivity contribution is 6.30. The molecule has 2 fully saturated rings. The van der Waals surface area contributed by atoms with Crippen LogP contribution in [0.2, 0.25) is 5.02 Å². The number of piperidine rings is 1. The topological polar surface area (TPSA) is 86.8 Å². The molecule has 0 saturated carbocycles. The minimum atomic E-state index is -4.73. The molecule has 2 aromatic carbocycles. The molecule has 3 heterocycles. The third-order valence-corrected chi connectivity index (χ3v) is 8.54. The van der Waals surface area contributed by atoms with Crippen molar-refractivity contribution in [1.82, 2.24) is 20.5 Å². The van der Waals surface area contributed by atoms with E-state index < -0.39 is 23.2 Å². The van der Waals surface area contributed by atoms with Gasteiger partial charge in [-0.1, -0.05) is 24.6 Å². The summed E-state index contributed by atoms with van der Waals surface area (Å²) < 4.78 is 47.2. The Morgan fingerprint density at radius 1 is 1.11 bits per heavy atom. The number of hydrogen-bond acceptors (Lipinski definition) is 6. The summed E-state index contributed by atoms with van der Waals surface area (Å²) in [6.45, 7) is 6.58. The number of halogens is 4. The first-order chi connectivity index (χ1) is 21.6. The van der Waals surface area contributed by atoms with E-state index >= 15 is 0 Å². The number of carbonyl (C=O) groups is 2. The molecule has 0 unspecified atom stereocenters. The summed E-state index contributed by atoms with van der Waals surface area (Å²) in [6.07, 6.45) is -0.642. The third-order valence-electron chi connectivity index (χ3n) is 8.30. The maximum atomic E-state index is 13.9. The molecule has 45 heavy (non-hydrogen) atoms. The number of piperazine rings is 1. The third kappa shape index (κ3) is 7.36. The van der Waals surface area contributed by atoms with Gasteiger partial charge in [0.15, 0.2) is 0 Å². The van der Waals surface area contributed by atoms with Gasteiger partial charge in [-0.05, 0) is 80.8 Å². The molecule has 12 heteroatoms. The number of benzene rings is 2. The molecular formula is C33H37ClF3N5O3. The summed E-state index contributed by atoms with van der Waals surface area (Å²) >= 11 is 5.84. The van der Waals surface area contributed by atoms with E-state index in [1.165, 1.54) is 11.0 Å². The minimum Gasteiger partial charge on any atom is -0.478 e. The van der Waals surface area contributed by atoms with E-state index in [1.807, 2.05) is 44.2 Å². The molecule has 0 spiro atoms. The average Bonchev–Trinajstić information content (AvgIpc) is 3.04. The maximum Gasteiger partial charge on any atom is 0.417 e. The molecule has 3 aromatic rings. The van der Waals surface area contributed by atoms with Gasteiger partial charge in [-0.3, -0.25) is 9.59 Å². The second-order valence-electron chi connectivity index (χ2n) is 11.2. The van der Waals surface area contributed by atoms with Crippen molar-refractivity contribution < 1.29 is 27.5 Å². The second-order valence-corrected chi connectivity index (χ2v) is 11.7. The van der Waals surface area contributed by atoms with Crippen LogP contribution in [0.5, 0.6) is 5.88 Å². The molecule has 2 N–H and O–H groups in total. The van der Waals surface area contributed by atoms with Crippen LogP contribution in [0.3, 0.4) is 0 Å². The molecular weight excluding hydrogens is 607 g/mol. The van der Waals surface area contributed by atoms with Gasteiger partial charge in [-0.2, -0.15) is 13.2 Å². The zero-order valence-corrected chi connectivity index (χ0v) is 26.0. The molecule has 1 aromatic heterocycles. The number of hydrogen-bond donors (Lipinski definition) is 2. The number of aromatic nitrogens is 1. The lowest BCUT2D eigenvalue weighted by Crippen LogP contribution is -2.55. The number of rotatable bonds is 8. The van der Waals surface area contributed by atoms with Gasteiger partial charge in [0.1, 0.15) is 0 Å². The zero-order valence-electron chi connectivity index (χ0n) is 25.3. The zero-order chi connectivity index (χ0) is 32.1. The normalized spacial score (nSPS) is 18.9. The van der Waals surface area contributed by atoms with E-state index in [0.29, 0.717) is 43.2 Å². The van der Waals surface area contributed by atoms with Gasteiger partial charge >= 0.3 is 6.18 Å². The lowest BCUT2D eigenvalue weighted by atomic mass is 9.98. The van der Waals surface area contributed by atoms with Crippen molar-refractivity contribution >= 4 is 29.1 Å². The fourth-order valence-electron chi connectivity index (χ4n) is 6.05. The van der Waals surface area contributed by atoms with Crippen molar-refractivity contribution in [3.05, 3.63) is 76.4 Å². The standard InChI is InChI=1S/C33H37ClF3N5O3/c1-3-24-20-41(32(44)26-11-10-22(34)18-28(26)33(35,36)37)15-16-42(24)29-12-9-21(25-8-6-14-39-31(25)45-4-2)17-27(29)30(43)40-23-7-5-13-38-19-23/h6,8-12,14,17-18,23-24,38H,3-5,7,13,15-16,19-20H2,1-2H3,(H,40,43)/t23-,24+/m0/s1. The van der Waals surface area contributed by atoms with Crippen LogP contribution < -0.4 is 20.3 Å². The van der Waals surface area contributed by atoms with E-state index in [-0.39, 0.29) is 36.1 Å². The first-order valence-electron chi connectivity index (χ1n) is 15.3. The van der Waals surface area contributed by atoms with Crippen molar-refractivity contribution in [3.63, 3.8) is 0 Å². The smallest absolute Gasteiger partial charge is 0.417 e. The van der Waals surface area contributed by atoms with Crippen molar-refractivity contribution in [3.8, 4) is 17.0 Å². The van der Waals surface area contributed by atoms with E-state index in [0.717, 1.165) is 42.6 Å². The van der Waals surface area contributed by atoms with E-state index in [2.05, 4.69) is 20.5 Å². The highest BCUT2D eigenvalue weighted by atomic mass is 35.5. The van der Waals surface area contributed by atoms with Crippen LogP contribution in [0.4, 0.5) is 18.9 Å². The van der Waals surface area contributed by atoms with E-state index in [1.54, 1.807) is 6.20 Å². The number of ether oxygens (including phenoxy) is 1. The number of nitrogens with one attached hydrogen (secondary N) is 2. The van der Waals surface area contributed by atoms with Crippen molar-refractivity contribution in [1.29, 1.82) is 0 Å². The van der Waals surface area contributed by atoms with Crippen molar-refractivity contribution in [2.24, 2.45) is 0 Å². The number of alkyl halides is 3. The van der Waals surface area contributed by atoms with Crippen molar-refractivity contribution in [2.45, 2.75) is 51.4 Å². The van der Waals surface area contributed by atoms with Gasteiger partial charge in [0.25, 0.3) is 11.8 Å². The summed E-state index contributed by atoms with van der Waals surface area (Å²) in [5, 5.41) is 6.42. The predicted octanol–water partition coefficient (Wildman–Crippen LogP) is 6.04. The van der Waals surface area contributed by atoms with Gasteiger partial charge in [-0.25, -0.2) is 4.98 Å². The number of carbonyl (C=O) groups excluding carboxylic acids is 2. The van der Waals surface area contributed by atoms with Gasteiger partial charge in [0.2, 0.25) is 5.88 Å². The molecule has 2 amide bonds. The highest BCUT2D eigenvalue weighted by Crippen LogP contribution is 2.36. The SMILES string of the molecule is CCOc1ncccc1-c1ccc(N2CCN(C(=O)c3ccc(Cl)cc3C(F)(F)F)C[C@H]2CC)c(C(=O)N[C@H]2CCCNC2)c1. The highest BCUT2D eigenvalue weighted by Gasteiger charge is 2.38. The molecule has 8 nitrogen and oxygen atoms in total. The number of nitrogens with zero attached hydrogens (tertiary/aromatic N) is 3. The molecule has 5 rings (SSSR count). The molecule has 2 atom stereocenters. The minimum absolute atomic E-state index is 0.0150. The quantitative estimate of drug-likeness (QED) is 0.311. The second kappa shape index (κ2) is 14.1. The Labute approximate surface area is 265 Å². The van der Waals surface area contributed by atoms with E-state index in [4.69, 9.17) is 16.3 Å². The summed E-state index contributed by atoms with van der Waals surface area (Å²) in [4.78, 5) is 35.2. The molecule has 2 saturated heterocycles. The first-order valence-corrected chi connectivity index (χ1v) is 15.6. The Balaban J connectivity index is 1.46. The first kappa shape index (κ1) is 32.6. The number of pyridine rings is 1.